The molecule has 1 spiro atoms. The molecule has 24 heavy (non-hydrogen) atoms. The lowest BCUT2D eigenvalue weighted by Crippen LogP contribution is -2.45. The van der Waals surface area contributed by atoms with Gasteiger partial charge in [-0.25, -0.2) is 4.98 Å². The van der Waals surface area contributed by atoms with Crippen molar-refractivity contribution in [1.82, 2.24) is 14.6 Å². The van der Waals surface area contributed by atoms with E-state index in [2.05, 4.69) is 15.4 Å². The van der Waals surface area contributed by atoms with Gasteiger partial charge in [-0.3, -0.25) is 4.79 Å². The Balaban J connectivity index is 1.53. The van der Waals surface area contributed by atoms with Gasteiger partial charge in [-0.2, -0.15) is 4.52 Å². The van der Waals surface area contributed by atoms with Crippen LogP contribution in [0.15, 0.2) is 10.9 Å². The topological polar surface area (TPSA) is 68.5 Å². The highest BCUT2D eigenvalue weighted by atomic mass is 32.1. The molecule has 1 saturated carbocycles. The average Bonchev–Trinajstić information content (AvgIpc) is 2.98. The van der Waals surface area contributed by atoms with E-state index >= 15 is 0 Å². The molecule has 2 fully saturated rings. The van der Waals surface area contributed by atoms with Crippen molar-refractivity contribution < 1.29 is 4.74 Å². The van der Waals surface area contributed by atoms with E-state index in [1.165, 1.54) is 48.0 Å². The first-order valence-corrected chi connectivity index (χ1v) is 9.79. The van der Waals surface area contributed by atoms with E-state index in [1.807, 2.05) is 6.92 Å². The molecule has 1 saturated heterocycles. The Hall–Kier alpha value is -1.47. The number of hydrogen-bond acceptors (Lipinski definition) is 6. The van der Waals surface area contributed by atoms with Crippen LogP contribution in [0.2, 0.25) is 0 Å². The molecule has 1 atom stereocenters. The summed E-state index contributed by atoms with van der Waals surface area (Å²) in [4.78, 5) is 17.3. The number of ether oxygens (including phenoxy) is 1. The van der Waals surface area contributed by atoms with Crippen LogP contribution < -0.4 is 10.9 Å². The molecule has 2 aromatic rings. The largest absolute Gasteiger partial charge is 0.375 e. The van der Waals surface area contributed by atoms with Crippen LogP contribution in [0.25, 0.3) is 4.96 Å². The predicted molar refractivity (Wildman–Crippen MR) is 94.9 cm³/mol. The molecular weight excluding hydrogens is 324 g/mol. The maximum Gasteiger partial charge on any atom is 0.275 e. The maximum absolute atomic E-state index is 12.1. The summed E-state index contributed by atoms with van der Waals surface area (Å²) in [6.07, 6.45) is 8.99. The summed E-state index contributed by atoms with van der Waals surface area (Å²) >= 11 is 1.46. The van der Waals surface area contributed by atoms with Crippen LogP contribution >= 0.6 is 11.3 Å². The van der Waals surface area contributed by atoms with Crippen molar-refractivity contribution in [2.45, 2.75) is 69.9 Å². The Labute approximate surface area is 145 Å². The van der Waals surface area contributed by atoms with Crippen molar-refractivity contribution in [3.8, 4) is 0 Å². The van der Waals surface area contributed by atoms with Crippen molar-refractivity contribution in [2.75, 3.05) is 11.9 Å². The maximum atomic E-state index is 12.1. The second-order valence-corrected chi connectivity index (χ2v) is 7.92. The molecule has 2 aromatic heterocycles. The van der Waals surface area contributed by atoms with Crippen molar-refractivity contribution in [3.05, 3.63) is 22.1 Å². The molecule has 6 nitrogen and oxygen atoms in total. The van der Waals surface area contributed by atoms with Gasteiger partial charge in [0.25, 0.3) is 5.56 Å². The highest BCUT2D eigenvalue weighted by Gasteiger charge is 2.38. The van der Waals surface area contributed by atoms with Crippen molar-refractivity contribution in [2.24, 2.45) is 0 Å². The summed E-state index contributed by atoms with van der Waals surface area (Å²) in [6, 6.07) is 1.93. The summed E-state index contributed by atoms with van der Waals surface area (Å²) in [5.74, 6) is 0. The van der Waals surface area contributed by atoms with Crippen LogP contribution in [0.5, 0.6) is 0 Å². The van der Waals surface area contributed by atoms with E-state index in [1.54, 1.807) is 6.07 Å². The van der Waals surface area contributed by atoms with Crippen LogP contribution in [0.4, 0.5) is 5.13 Å². The number of hydrogen-bond donors (Lipinski definition) is 1. The second kappa shape index (κ2) is 6.44. The van der Waals surface area contributed by atoms with Crippen molar-refractivity contribution >= 4 is 21.4 Å². The van der Waals surface area contributed by atoms with Crippen LogP contribution in [-0.4, -0.2) is 32.8 Å². The lowest BCUT2D eigenvalue weighted by molar-refractivity contribution is -0.103. The third kappa shape index (κ3) is 3.07. The number of nitrogens with zero attached hydrogens (tertiary/aromatic N) is 3. The fraction of sp³-hybridized carbons (Fsp3) is 0.706. The Morgan fingerprint density at radius 3 is 3.04 bits per heavy atom. The number of anilines is 1. The van der Waals surface area contributed by atoms with Crippen LogP contribution in [0, 0.1) is 0 Å². The lowest BCUT2D eigenvalue weighted by Gasteiger charge is -2.43. The minimum absolute atomic E-state index is 0.0648. The van der Waals surface area contributed by atoms with Gasteiger partial charge in [0.1, 0.15) is 0 Å². The van der Waals surface area contributed by atoms with E-state index < -0.39 is 0 Å². The Morgan fingerprint density at radius 2 is 2.25 bits per heavy atom. The molecule has 0 radical (unpaired) electrons. The molecule has 1 N–H and O–H groups in total. The molecule has 1 unspecified atom stereocenters. The number of aryl methyl sites for hydroxylation is 1. The van der Waals surface area contributed by atoms with Crippen LogP contribution in [0.3, 0.4) is 0 Å². The van der Waals surface area contributed by atoms with Gasteiger partial charge in [-0.15, -0.1) is 5.10 Å². The molecule has 4 rings (SSSR count). The summed E-state index contributed by atoms with van der Waals surface area (Å²) in [5, 5.41) is 8.74. The summed E-state index contributed by atoms with van der Waals surface area (Å²) in [7, 11) is 0. The Morgan fingerprint density at radius 1 is 1.42 bits per heavy atom. The van der Waals surface area contributed by atoms with E-state index in [0.717, 1.165) is 36.7 Å². The SMILES string of the molecule is CCc1cc(=O)n2nc(NC3CCOC4(CCCCC4)C3)sc2n1. The normalized spacial score (nSPS) is 23.6. The van der Waals surface area contributed by atoms with E-state index in [9.17, 15) is 4.79 Å². The molecule has 2 aliphatic rings. The zero-order chi connectivity index (χ0) is 16.6. The van der Waals surface area contributed by atoms with Gasteiger partial charge in [0.2, 0.25) is 10.1 Å². The fourth-order valence-electron chi connectivity index (χ4n) is 3.97. The second-order valence-electron chi connectivity index (χ2n) is 6.97. The molecule has 130 valence electrons. The molecule has 1 aliphatic carbocycles. The third-order valence-corrected chi connectivity index (χ3v) is 6.09. The standard InChI is InChI=1S/C17H24N4O2S/c1-2-12-10-14(22)21-16(19-12)24-15(20-21)18-13-6-9-23-17(11-13)7-4-3-5-8-17/h10,13H,2-9,11H2,1H3,(H,18,20). The summed E-state index contributed by atoms with van der Waals surface area (Å²) in [5.41, 5.74) is 0.786. The van der Waals surface area contributed by atoms with Crippen molar-refractivity contribution in [1.29, 1.82) is 0 Å². The molecular formula is C17H24N4O2S. The number of aromatic nitrogens is 3. The fourth-order valence-corrected chi connectivity index (χ4v) is 4.87. The molecule has 0 aromatic carbocycles. The van der Waals surface area contributed by atoms with Crippen molar-refractivity contribution in [3.63, 3.8) is 0 Å². The quantitative estimate of drug-likeness (QED) is 0.923. The van der Waals surface area contributed by atoms with Crippen LogP contribution in [-0.2, 0) is 11.2 Å². The average molecular weight is 348 g/mol. The first kappa shape index (κ1) is 16.0. The van der Waals surface area contributed by atoms with Crippen LogP contribution in [0.1, 0.15) is 57.6 Å². The first-order chi connectivity index (χ1) is 11.7. The Bertz CT molecular complexity index is 773. The molecule has 7 heteroatoms. The highest BCUT2D eigenvalue weighted by Crippen LogP contribution is 2.39. The first-order valence-electron chi connectivity index (χ1n) is 8.98. The number of nitrogens with one attached hydrogen (secondary N) is 1. The van der Waals surface area contributed by atoms with E-state index in [-0.39, 0.29) is 11.2 Å². The number of fused-ring (bicyclic) bond motifs is 1. The zero-order valence-electron chi connectivity index (χ0n) is 14.1. The Kier molecular flexibility index (Phi) is 4.30. The predicted octanol–water partition coefficient (Wildman–Crippen LogP) is 3.01. The molecule has 1 aliphatic heterocycles. The minimum Gasteiger partial charge on any atom is -0.375 e. The molecule has 0 amide bonds. The lowest BCUT2D eigenvalue weighted by atomic mass is 9.78. The number of rotatable bonds is 3. The van der Waals surface area contributed by atoms with Gasteiger partial charge in [-0.1, -0.05) is 37.5 Å². The smallest absolute Gasteiger partial charge is 0.275 e. The highest BCUT2D eigenvalue weighted by molar-refractivity contribution is 7.20. The summed E-state index contributed by atoms with van der Waals surface area (Å²) < 4.78 is 7.56. The minimum atomic E-state index is -0.100. The monoisotopic (exact) mass is 348 g/mol. The van der Waals surface area contributed by atoms with Gasteiger partial charge < -0.3 is 10.1 Å². The van der Waals surface area contributed by atoms with Gasteiger partial charge >= 0.3 is 0 Å². The summed E-state index contributed by atoms with van der Waals surface area (Å²) in [6.45, 7) is 2.81. The zero-order valence-corrected chi connectivity index (χ0v) is 14.9. The van der Waals surface area contributed by atoms with Gasteiger partial charge in [-0.05, 0) is 32.1 Å². The van der Waals surface area contributed by atoms with E-state index in [4.69, 9.17) is 4.74 Å². The molecule has 0 bridgehead atoms. The molecule has 3 heterocycles. The van der Waals surface area contributed by atoms with Gasteiger partial charge in [0, 0.05) is 24.4 Å². The van der Waals surface area contributed by atoms with Gasteiger partial charge in [0.05, 0.1) is 5.60 Å². The van der Waals surface area contributed by atoms with E-state index in [0.29, 0.717) is 11.0 Å². The third-order valence-electron chi connectivity index (χ3n) is 5.25. The van der Waals surface area contributed by atoms with Gasteiger partial charge in [0.15, 0.2) is 0 Å².